The van der Waals surface area contributed by atoms with Crippen molar-refractivity contribution in [3.8, 4) is 0 Å². The van der Waals surface area contributed by atoms with Gasteiger partial charge in [0.25, 0.3) is 0 Å². The van der Waals surface area contributed by atoms with Gasteiger partial charge in [-0.05, 0) is 47.0 Å². The first-order chi connectivity index (χ1) is 6.35. The number of carbonyl (C=O) groups is 1. The van der Waals surface area contributed by atoms with Crippen LogP contribution in [-0.2, 0) is 0 Å². The fraction of sp³-hybridized carbons (Fsp3) is 0.545. The minimum atomic E-state index is -0.419. The van der Waals surface area contributed by atoms with Gasteiger partial charge in [0.15, 0.2) is 5.78 Å². The summed E-state index contributed by atoms with van der Waals surface area (Å²) >= 11 is 1.56. The summed E-state index contributed by atoms with van der Waals surface area (Å²) in [6.07, 6.45) is 0. The van der Waals surface area contributed by atoms with Crippen molar-refractivity contribution in [1.29, 1.82) is 0 Å². The lowest BCUT2D eigenvalue weighted by Gasteiger charge is -2.30. The van der Waals surface area contributed by atoms with Crippen molar-refractivity contribution in [1.82, 2.24) is 4.90 Å². The lowest BCUT2D eigenvalue weighted by atomic mass is 9.97. The van der Waals surface area contributed by atoms with Crippen molar-refractivity contribution in [2.45, 2.75) is 26.3 Å². The van der Waals surface area contributed by atoms with E-state index in [1.54, 1.807) is 11.3 Å². The molecule has 1 rings (SSSR count). The van der Waals surface area contributed by atoms with Crippen LogP contribution in [0.4, 0.5) is 0 Å². The molecule has 0 amide bonds. The molecule has 0 aliphatic carbocycles. The number of hydrogen-bond acceptors (Lipinski definition) is 3. The van der Waals surface area contributed by atoms with E-state index in [4.69, 9.17) is 0 Å². The Morgan fingerprint density at radius 2 is 1.93 bits per heavy atom. The zero-order valence-electron chi connectivity index (χ0n) is 9.42. The summed E-state index contributed by atoms with van der Waals surface area (Å²) in [7, 11) is 3.86. The molecule has 0 aromatic carbocycles. The Balaban J connectivity index is 2.96. The van der Waals surface area contributed by atoms with E-state index in [0.29, 0.717) is 0 Å². The molecular formula is C11H17NOS. The largest absolute Gasteiger partial charge is 0.297 e. The Morgan fingerprint density at radius 3 is 2.29 bits per heavy atom. The van der Waals surface area contributed by atoms with Crippen LogP contribution in [0.1, 0.15) is 28.4 Å². The molecule has 1 aromatic heterocycles. The lowest BCUT2D eigenvalue weighted by Crippen LogP contribution is -2.45. The first-order valence-electron chi connectivity index (χ1n) is 4.64. The van der Waals surface area contributed by atoms with Crippen LogP contribution in [0.15, 0.2) is 12.1 Å². The topological polar surface area (TPSA) is 20.3 Å². The fourth-order valence-electron chi connectivity index (χ4n) is 1.06. The molecule has 3 heteroatoms. The molecule has 0 radical (unpaired) electrons. The second-order valence-corrected chi connectivity index (χ2v) is 5.48. The van der Waals surface area contributed by atoms with Crippen LogP contribution in [0, 0.1) is 6.92 Å². The van der Waals surface area contributed by atoms with Gasteiger partial charge in [-0.25, -0.2) is 0 Å². The quantitative estimate of drug-likeness (QED) is 0.716. The van der Waals surface area contributed by atoms with Crippen molar-refractivity contribution in [2.24, 2.45) is 0 Å². The van der Waals surface area contributed by atoms with E-state index in [2.05, 4.69) is 0 Å². The highest BCUT2D eigenvalue weighted by Gasteiger charge is 2.31. The second-order valence-electron chi connectivity index (χ2n) is 4.19. The van der Waals surface area contributed by atoms with E-state index in [-0.39, 0.29) is 5.78 Å². The molecule has 1 heterocycles. The van der Waals surface area contributed by atoms with E-state index < -0.39 is 5.54 Å². The number of rotatable bonds is 3. The average Bonchev–Trinajstić information content (AvgIpc) is 2.50. The van der Waals surface area contributed by atoms with E-state index in [0.717, 1.165) is 4.88 Å². The number of ketones is 1. The molecule has 0 saturated carbocycles. The molecule has 0 unspecified atom stereocenters. The molecule has 2 nitrogen and oxygen atoms in total. The van der Waals surface area contributed by atoms with Crippen LogP contribution in [0.2, 0.25) is 0 Å². The van der Waals surface area contributed by atoms with Gasteiger partial charge in [-0.1, -0.05) is 0 Å². The molecule has 78 valence electrons. The van der Waals surface area contributed by atoms with Gasteiger partial charge in [-0.15, -0.1) is 11.3 Å². The third kappa shape index (κ3) is 2.04. The number of likely N-dealkylation sites (N-methyl/N-ethyl adjacent to an activating group) is 1. The molecule has 0 atom stereocenters. The number of Topliss-reactive ketones (excluding diaryl/α,β-unsaturated/α-hetero) is 1. The molecule has 0 aliphatic rings. The van der Waals surface area contributed by atoms with Crippen LogP contribution in [-0.4, -0.2) is 30.3 Å². The van der Waals surface area contributed by atoms with Crippen molar-refractivity contribution in [2.75, 3.05) is 14.1 Å². The maximum absolute atomic E-state index is 12.1. The Labute approximate surface area is 89.5 Å². The third-order valence-electron chi connectivity index (χ3n) is 2.64. The number of carbonyl (C=O) groups excluding carboxylic acids is 1. The van der Waals surface area contributed by atoms with Gasteiger partial charge in [0.05, 0.1) is 10.4 Å². The lowest BCUT2D eigenvalue weighted by molar-refractivity contribution is 0.0760. The van der Waals surface area contributed by atoms with Gasteiger partial charge in [0.1, 0.15) is 0 Å². The maximum Gasteiger partial charge on any atom is 0.192 e. The van der Waals surface area contributed by atoms with Crippen LogP contribution in [0.25, 0.3) is 0 Å². The summed E-state index contributed by atoms with van der Waals surface area (Å²) in [5, 5.41) is 0. The van der Waals surface area contributed by atoms with E-state index in [9.17, 15) is 4.79 Å². The van der Waals surface area contributed by atoms with Gasteiger partial charge in [0, 0.05) is 4.88 Å². The molecular weight excluding hydrogens is 194 g/mol. The highest BCUT2D eigenvalue weighted by molar-refractivity contribution is 7.14. The van der Waals surface area contributed by atoms with E-state index in [1.165, 1.54) is 4.88 Å². The van der Waals surface area contributed by atoms with Gasteiger partial charge in [-0.3, -0.25) is 9.69 Å². The Kier molecular flexibility index (Phi) is 3.12. The molecule has 0 N–H and O–H groups in total. The number of aryl methyl sites for hydroxylation is 1. The minimum Gasteiger partial charge on any atom is -0.297 e. The number of thiophene rings is 1. The van der Waals surface area contributed by atoms with Crippen molar-refractivity contribution >= 4 is 17.1 Å². The van der Waals surface area contributed by atoms with Crippen LogP contribution in [0.3, 0.4) is 0 Å². The molecule has 1 aromatic rings. The fourth-order valence-corrected chi connectivity index (χ4v) is 2.02. The van der Waals surface area contributed by atoms with Gasteiger partial charge >= 0.3 is 0 Å². The Bertz CT molecular complexity index is 339. The predicted molar refractivity (Wildman–Crippen MR) is 61.2 cm³/mol. The highest BCUT2D eigenvalue weighted by Crippen LogP contribution is 2.23. The Hall–Kier alpha value is -0.670. The van der Waals surface area contributed by atoms with Gasteiger partial charge in [-0.2, -0.15) is 0 Å². The monoisotopic (exact) mass is 211 g/mol. The SMILES string of the molecule is Cc1ccc(C(=O)C(C)(C)N(C)C)s1. The molecule has 0 saturated heterocycles. The number of nitrogens with zero attached hydrogens (tertiary/aromatic N) is 1. The summed E-state index contributed by atoms with van der Waals surface area (Å²) in [5.41, 5.74) is -0.419. The third-order valence-corrected chi connectivity index (χ3v) is 3.64. The van der Waals surface area contributed by atoms with Gasteiger partial charge in [0.2, 0.25) is 0 Å². The smallest absolute Gasteiger partial charge is 0.192 e. The summed E-state index contributed by atoms with van der Waals surface area (Å²) in [5.74, 6) is 0.195. The summed E-state index contributed by atoms with van der Waals surface area (Å²) in [4.78, 5) is 16.1. The van der Waals surface area contributed by atoms with Crippen LogP contribution in [0.5, 0.6) is 0 Å². The zero-order chi connectivity index (χ0) is 10.9. The molecule has 0 fully saturated rings. The average molecular weight is 211 g/mol. The summed E-state index contributed by atoms with van der Waals surface area (Å²) in [6, 6.07) is 3.90. The van der Waals surface area contributed by atoms with E-state index in [1.807, 2.05) is 51.9 Å². The molecule has 0 spiro atoms. The van der Waals surface area contributed by atoms with Gasteiger partial charge < -0.3 is 0 Å². The standard InChI is InChI=1S/C11H17NOS/c1-8-6-7-9(14-8)10(13)11(2,3)12(4)5/h6-7H,1-5H3. The zero-order valence-corrected chi connectivity index (χ0v) is 10.2. The summed E-state index contributed by atoms with van der Waals surface area (Å²) < 4.78 is 0. The minimum absolute atomic E-state index is 0.195. The van der Waals surface area contributed by atoms with Crippen molar-refractivity contribution in [3.05, 3.63) is 21.9 Å². The van der Waals surface area contributed by atoms with Crippen LogP contribution < -0.4 is 0 Å². The first kappa shape index (κ1) is 11.4. The number of hydrogen-bond donors (Lipinski definition) is 0. The molecule has 0 bridgehead atoms. The molecule has 14 heavy (non-hydrogen) atoms. The highest BCUT2D eigenvalue weighted by atomic mass is 32.1. The second kappa shape index (κ2) is 3.83. The van der Waals surface area contributed by atoms with Crippen molar-refractivity contribution < 1.29 is 4.79 Å². The predicted octanol–water partition coefficient (Wildman–Crippen LogP) is 2.58. The van der Waals surface area contributed by atoms with Crippen LogP contribution >= 0.6 is 11.3 Å². The summed E-state index contributed by atoms with van der Waals surface area (Å²) in [6.45, 7) is 5.92. The normalized spacial score (nSPS) is 12.1. The maximum atomic E-state index is 12.1. The van der Waals surface area contributed by atoms with Crippen molar-refractivity contribution in [3.63, 3.8) is 0 Å². The Morgan fingerprint density at radius 1 is 1.36 bits per heavy atom. The first-order valence-corrected chi connectivity index (χ1v) is 5.46. The van der Waals surface area contributed by atoms with E-state index >= 15 is 0 Å². The molecule has 0 aliphatic heterocycles.